The minimum absolute atomic E-state index is 0.207. The van der Waals surface area contributed by atoms with Crippen molar-refractivity contribution in [1.82, 2.24) is 14.2 Å². The third-order valence-electron chi connectivity index (χ3n) is 5.21. The van der Waals surface area contributed by atoms with Gasteiger partial charge in [0.2, 0.25) is 10.0 Å². The van der Waals surface area contributed by atoms with Gasteiger partial charge >= 0.3 is 0 Å². The molecule has 3 heterocycles. The van der Waals surface area contributed by atoms with Crippen LogP contribution in [0.4, 0.5) is 5.69 Å². The molecule has 1 fully saturated rings. The number of hydrogen-bond donors (Lipinski definition) is 1. The number of carbonyl (C=O) groups is 1. The first kappa shape index (κ1) is 18.1. The molecule has 2 aliphatic heterocycles. The lowest BCUT2D eigenvalue weighted by molar-refractivity contribution is 0.0951. The van der Waals surface area contributed by atoms with E-state index in [4.69, 9.17) is 0 Å². The second kappa shape index (κ2) is 7.01. The molecule has 0 aliphatic carbocycles. The fourth-order valence-corrected chi connectivity index (χ4v) is 5.17. The number of aryl methyl sites for hydroxylation is 2. The van der Waals surface area contributed by atoms with Crippen LogP contribution in [0.1, 0.15) is 22.5 Å². The Bertz CT molecular complexity index is 959. The van der Waals surface area contributed by atoms with Gasteiger partial charge in [0, 0.05) is 51.2 Å². The van der Waals surface area contributed by atoms with Gasteiger partial charge in [-0.2, -0.15) is 4.31 Å². The lowest BCUT2D eigenvalue weighted by Gasteiger charge is -2.35. The largest absolute Gasteiger partial charge is 0.369 e. The van der Waals surface area contributed by atoms with E-state index in [1.54, 1.807) is 10.8 Å². The Balaban J connectivity index is 1.51. The van der Waals surface area contributed by atoms with E-state index < -0.39 is 10.0 Å². The van der Waals surface area contributed by atoms with E-state index in [1.165, 1.54) is 15.9 Å². The fraction of sp³-hybridized carbons (Fsp3) is 0.421. The highest BCUT2D eigenvalue weighted by Gasteiger charge is 2.31. The first-order valence-electron chi connectivity index (χ1n) is 9.25. The molecule has 0 bridgehead atoms. The van der Waals surface area contributed by atoms with Gasteiger partial charge < -0.3 is 14.8 Å². The van der Waals surface area contributed by atoms with Gasteiger partial charge in [-0.15, -0.1) is 0 Å². The molecule has 0 saturated carbocycles. The zero-order valence-corrected chi connectivity index (χ0v) is 16.2. The van der Waals surface area contributed by atoms with Crippen LogP contribution >= 0.6 is 0 Å². The second-order valence-corrected chi connectivity index (χ2v) is 9.03. The number of fused-ring (bicyclic) bond motifs is 1. The van der Waals surface area contributed by atoms with E-state index in [9.17, 15) is 13.2 Å². The molecule has 1 amide bonds. The molecule has 1 N–H and O–H groups in total. The quantitative estimate of drug-likeness (QED) is 0.864. The third kappa shape index (κ3) is 3.46. The van der Waals surface area contributed by atoms with Gasteiger partial charge in [0.1, 0.15) is 10.6 Å². The number of nitrogens with one attached hydrogen (secondary N) is 1. The molecule has 0 unspecified atom stereocenters. The molecule has 8 heteroatoms. The zero-order chi connectivity index (χ0) is 19.0. The number of anilines is 1. The van der Waals surface area contributed by atoms with E-state index in [0.29, 0.717) is 45.0 Å². The zero-order valence-electron chi connectivity index (χ0n) is 15.4. The van der Waals surface area contributed by atoms with Gasteiger partial charge in [0.25, 0.3) is 5.91 Å². The number of hydrogen-bond acceptors (Lipinski definition) is 4. The number of carbonyl (C=O) groups excluding carboxylic acids is 1. The molecule has 0 spiro atoms. The van der Waals surface area contributed by atoms with Crippen LogP contribution in [0.5, 0.6) is 0 Å². The highest BCUT2D eigenvalue weighted by atomic mass is 32.2. The molecule has 144 valence electrons. The van der Waals surface area contributed by atoms with E-state index in [2.05, 4.69) is 35.3 Å². The summed E-state index contributed by atoms with van der Waals surface area (Å²) in [7, 11) is -3.60. The van der Waals surface area contributed by atoms with Crippen LogP contribution in [-0.2, 0) is 16.6 Å². The van der Waals surface area contributed by atoms with Crippen molar-refractivity contribution in [3.8, 4) is 0 Å². The summed E-state index contributed by atoms with van der Waals surface area (Å²) < 4.78 is 29.4. The van der Waals surface area contributed by atoms with Crippen LogP contribution in [0.15, 0.2) is 41.4 Å². The molecule has 2 aliphatic rings. The van der Waals surface area contributed by atoms with E-state index in [0.717, 1.165) is 12.1 Å². The molecule has 1 aromatic carbocycles. The van der Waals surface area contributed by atoms with Crippen molar-refractivity contribution in [2.24, 2.45) is 0 Å². The number of piperazine rings is 1. The molecule has 27 heavy (non-hydrogen) atoms. The topological polar surface area (TPSA) is 74.7 Å². The Hall–Kier alpha value is -2.32. The molecule has 2 aromatic rings. The Labute approximate surface area is 159 Å². The first-order chi connectivity index (χ1) is 12.9. The van der Waals surface area contributed by atoms with Crippen LogP contribution in [0.25, 0.3) is 0 Å². The molecule has 4 rings (SSSR count). The number of rotatable bonds is 3. The average Bonchev–Trinajstić information content (AvgIpc) is 3.03. The predicted octanol–water partition coefficient (Wildman–Crippen LogP) is 1.44. The minimum atomic E-state index is -3.60. The van der Waals surface area contributed by atoms with E-state index in [1.807, 2.05) is 6.07 Å². The van der Waals surface area contributed by atoms with Crippen molar-refractivity contribution in [3.63, 3.8) is 0 Å². The van der Waals surface area contributed by atoms with Crippen LogP contribution in [0.3, 0.4) is 0 Å². The van der Waals surface area contributed by atoms with Gasteiger partial charge in [0.15, 0.2) is 0 Å². The standard InChI is InChI=1S/C19H24N4O3S/c1-15-4-2-5-16(12-15)21-8-10-23(11-9-21)27(25,26)17-13-18-19(24)20-6-3-7-22(18)14-17/h2,4-5,12-14H,3,6-11H2,1H3,(H,20,24). The molecule has 1 saturated heterocycles. The Kier molecular flexibility index (Phi) is 4.69. The lowest BCUT2D eigenvalue weighted by Crippen LogP contribution is -2.48. The number of amides is 1. The van der Waals surface area contributed by atoms with Gasteiger partial charge in [-0.1, -0.05) is 12.1 Å². The molecule has 0 radical (unpaired) electrons. The number of nitrogens with zero attached hydrogens (tertiary/aromatic N) is 3. The van der Waals surface area contributed by atoms with Crippen molar-refractivity contribution in [2.45, 2.75) is 24.8 Å². The summed E-state index contributed by atoms with van der Waals surface area (Å²) in [6.45, 7) is 5.48. The summed E-state index contributed by atoms with van der Waals surface area (Å²) >= 11 is 0. The lowest BCUT2D eigenvalue weighted by atomic mass is 10.2. The average molecular weight is 388 g/mol. The molecular formula is C19H24N4O3S. The summed E-state index contributed by atoms with van der Waals surface area (Å²) in [5, 5.41) is 2.80. The van der Waals surface area contributed by atoms with Crippen LogP contribution in [0, 0.1) is 6.92 Å². The molecule has 1 aromatic heterocycles. The maximum absolute atomic E-state index is 13.1. The van der Waals surface area contributed by atoms with Crippen molar-refractivity contribution in [3.05, 3.63) is 47.8 Å². The van der Waals surface area contributed by atoms with Crippen molar-refractivity contribution >= 4 is 21.6 Å². The SMILES string of the molecule is Cc1cccc(N2CCN(S(=O)(=O)c3cc4n(c3)CCCNC4=O)CC2)c1. The number of benzene rings is 1. The minimum Gasteiger partial charge on any atom is -0.369 e. The smallest absolute Gasteiger partial charge is 0.267 e. The summed E-state index contributed by atoms with van der Waals surface area (Å²) in [5.74, 6) is -0.210. The van der Waals surface area contributed by atoms with Gasteiger partial charge in [-0.3, -0.25) is 4.79 Å². The summed E-state index contributed by atoms with van der Waals surface area (Å²) in [5.41, 5.74) is 2.74. The summed E-state index contributed by atoms with van der Waals surface area (Å²) in [6.07, 6.45) is 2.39. The van der Waals surface area contributed by atoms with Crippen LogP contribution in [0.2, 0.25) is 0 Å². The third-order valence-corrected chi connectivity index (χ3v) is 7.07. The maximum atomic E-state index is 13.1. The maximum Gasteiger partial charge on any atom is 0.267 e. The van der Waals surface area contributed by atoms with Gasteiger partial charge in [-0.25, -0.2) is 8.42 Å². The van der Waals surface area contributed by atoms with E-state index in [-0.39, 0.29) is 10.8 Å². The fourth-order valence-electron chi connectivity index (χ4n) is 3.70. The summed E-state index contributed by atoms with van der Waals surface area (Å²) in [4.78, 5) is 14.5. The number of aromatic nitrogens is 1. The van der Waals surface area contributed by atoms with Crippen molar-refractivity contribution < 1.29 is 13.2 Å². The Morgan fingerprint density at radius 1 is 1.04 bits per heavy atom. The second-order valence-electron chi connectivity index (χ2n) is 7.09. The Morgan fingerprint density at radius 2 is 1.81 bits per heavy atom. The summed E-state index contributed by atoms with van der Waals surface area (Å²) in [6, 6.07) is 9.75. The van der Waals surface area contributed by atoms with Gasteiger partial charge in [-0.05, 0) is 37.1 Å². The molecule has 0 atom stereocenters. The normalized spacial score (nSPS) is 18.7. The van der Waals surface area contributed by atoms with Crippen molar-refractivity contribution in [1.29, 1.82) is 0 Å². The predicted molar refractivity (Wildman–Crippen MR) is 104 cm³/mol. The van der Waals surface area contributed by atoms with Gasteiger partial charge in [0.05, 0.1) is 0 Å². The van der Waals surface area contributed by atoms with Crippen LogP contribution in [-0.4, -0.2) is 55.9 Å². The Morgan fingerprint density at radius 3 is 2.56 bits per heavy atom. The monoisotopic (exact) mass is 388 g/mol. The van der Waals surface area contributed by atoms with Crippen molar-refractivity contribution in [2.75, 3.05) is 37.6 Å². The number of sulfonamides is 1. The molecular weight excluding hydrogens is 364 g/mol. The molecule has 7 nitrogen and oxygen atoms in total. The highest BCUT2D eigenvalue weighted by Crippen LogP contribution is 2.24. The van der Waals surface area contributed by atoms with E-state index >= 15 is 0 Å². The van der Waals surface area contributed by atoms with Crippen LogP contribution < -0.4 is 10.2 Å². The highest BCUT2D eigenvalue weighted by molar-refractivity contribution is 7.89. The first-order valence-corrected chi connectivity index (χ1v) is 10.7.